The van der Waals surface area contributed by atoms with Gasteiger partial charge >= 0.3 is 0 Å². The average Bonchev–Trinajstić information content (AvgIpc) is 2.81. The third-order valence-electron chi connectivity index (χ3n) is 3.28. The summed E-state index contributed by atoms with van der Waals surface area (Å²) in [5, 5.41) is 9.46. The first-order chi connectivity index (χ1) is 8.61. The first-order valence-corrected chi connectivity index (χ1v) is 7.14. The molecule has 1 atom stereocenters. The topological polar surface area (TPSA) is 40.5 Å². The summed E-state index contributed by atoms with van der Waals surface area (Å²) < 4.78 is 0.792. The first kappa shape index (κ1) is 13.8. The van der Waals surface area contributed by atoms with Crippen molar-refractivity contribution in [2.75, 3.05) is 19.7 Å². The van der Waals surface area contributed by atoms with Crippen LogP contribution in [0.1, 0.15) is 23.2 Å². The number of carbonyl (C=O) groups is 1. The maximum atomic E-state index is 12.2. The van der Waals surface area contributed by atoms with Crippen LogP contribution in [0.5, 0.6) is 0 Å². The minimum atomic E-state index is 0.0184. The lowest BCUT2D eigenvalue weighted by Crippen LogP contribution is -2.28. The van der Waals surface area contributed by atoms with E-state index in [9.17, 15) is 4.79 Å². The van der Waals surface area contributed by atoms with Crippen LogP contribution >= 0.6 is 27.5 Å². The molecule has 1 aliphatic rings. The number of hydrogen-bond acceptors (Lipinski definition) is 2. The molecule has 0 saturated carbocycles. The highest BCUT2D eigenvalue weighted by Gasteiger charge is 2.26. The minimum absolute atomic E-state index is 0.0184. The second-order valence-electron chi connectivity index (χ2n) is 4.55. The molecule has 1 amide bonds. The first-order valence-electron chi connectivity index (χ1n) is 5.97. The summed E-state index contributed by atoms with van der Waals surface area (Å²) in [6.45, 7) is 1.68. The van der Waals surface area contributed by atoms with Gasteiger partial charge < -0.3 is 10.0 Å². The van der Waals surface area contributed by atoms with E-state index in [-0.39, 0.29) is 12.5 Å². The largest absolute Gasteiger partial charge is 0.396 e. The second kappa shape index (κ2) is 6.04. The molecule has 1 aromatic rings. The number of benzene rings is 1. The summed E-state index contributed by atoms with van der Waals surface area (Å²) in [6, 6.07) is 5.25. The SMILES string of the molecule is O=C(c1ccc(Br)c(Cl)c1)N1CCC(CCO)C1. The standard InChI is InChI=1S/C13H15BrClNO2/c14-11-2-1-10(7-12(11)15)13(18)16-5-3-9(8-16)4-6-17/h1-2,7,9,17H,3-6,8H2. The number of carbonyl (C=O) groups excluding carboxylic acids is 1. The lowest BCUT2D eigenvalue weighted by Gasteiger charge is -2.16. The van der Waals surface area contributed by atoms with Gasteiger partial charge in [-0.05, 0) is 52.9 Å². The Bertz CT molecular complexity index is 453. The number of likely N-dealkylation sites (tertiary alicyclic amines) is 1. The molecule has 98 valence electrons. The van der Waals surface area contributed by atoms with E-state index in [2.05, 4.69) is 15.9 Å². The van der Waals surface area contributed by atoms with E-state index >= 15 is 0 Å². The van der Waals surface area contributed by atoms with Crippen molar-refractivity contribution < 1.29 is 9.90 Å². The van der Waals surface area contributed by atoms with Crippen molar-refractivity contribution in [2.24, 2.45) is 5.92 Å². The zero-order valence-corrected chi connectivity index (χ0v) is 12.2. The quantitative estimate of drug-likeness (QED) is 0.924. The van der Waals surface area contributed by atoms with Crippen LogP contribution in [0.2, 0.25) is 5.02 Å². The summed E-state index contributed by atoms with van der Waals surface area (Å²) in [6.07, 6.45) is 1.74. The predicted octanol–water partition coefficient (Wildman–Crippen LogP) is 2.95. The Morgan fingerprint density at radius 1 is 1.56 bits per heavy atom. The van der Waals surface area contributed by atoms with Gasteiger partial charge in [0.2, 0.25) is 0 Å². The van der Waals surface area contributed by atoms with Crippen LogP contribution in [0.15, 0.2) is 22.7 Å². The predicted molar refractivity (Wildman–Crippen MR) is 74.9 cm³/mol. The average molecular weight is 333 g/mol. The Hall–Kier alpha value is -0.580. The second-order valence-corrected chi connectivity index (χ2v) is 5.81. The normalized spacial score (nSPS) is 19.3. The molecule has 1 aliphatic heterocycles. The van der Waals surface area contributed by atoms with E-state index in [0.29, 0.717) is 16.5 Å². The van der Waals surface area contributed by atoms with Crippen molar-refractivity contribution in [3.63, 3.8) is 0 Å². The summed E-state index contributed by atoms with van der Waals surface area (Å²) in [7, 11) is 0. The van der Waals surface area contributed by atoms with Crippen molar-refractivity contribution in [1.82, 2.24) is 4.90 Å². The number of nitrogens with zero attached hydrogens (tertiary/aromatic N) is 1. The molecular formula is C13H15BrClNO2. The van der Waals surface area contributed by atoms with Crippen molar-refractivity contribution in [1.29, 1.82) is 0 Å². The molecule has 1 heterocycles. The highest BCUT2D eigenvalue weighted by Crippen LogP contribution is 2.26. The fourth-order valence-electron chi connectivity index (χ4n) is 2.25. The smallest absolute Gasteiger partial charge is 0.253 e. The number of amides is 1. The minimum Gasteiger partial charge on any atom is -0.396 e. The molecule has 1 aromatic carbocycles. The van der Waals surface area contributed by atoms with Gasteiger partial charge in [0.25, 0.3) is 5.91 Å². The highest BCUT2D eigenvalue weighted by atomic mass is 79.9. The van der Waals surface area contributed by atoms with Crippen molar-refractivity contribution in [2.45, 2.75) is 12.8 Å². The van der Waals surface area contributed by atoms with Crippen molar-refractivity contribution in [3.05, 3.63) is 33.3 Å². The van der Waals surface area contributed by atoms with Gasteiger partial charge in [0.1, 0.15) is 0 Å². The van der Waals surface area contributed by atoms with Crippen LogP contribution in [0.3, 0.4) is 0 Å². The Labute approximate surface area is 120 Å². The molecule has 0 bridgehead atoms. The molecular weight excluding hydrogens is 318 g/mol. The number of rotatable bonds is 3. The van der Waals surface area contributed by atoms with Crippen LogP contribution < -0.4 is 0 Å². The maximum absolute atomic E-state index is 12.2. The Kier molecular flexibility index (Phi) is 4.65. The van der Waals surface area contributed by atoms with E-state index in [1.807, 2.05) is 4.90 Å². The van der Waals surface area contributed by atoms with Crippen LogP contribution in [0, 0.1) is 5.92 Å². The Morgan fingerprint density at radius 3 is 3.00 bits per heavy atom. The molecule has 0 aromatic heterocycles. The molecule has 1 fully saturated rings. The van der Waals surface area contributed by atoms with Crippen LogP contribution in [0.25, 0.3) is 0 Å². The fraction of sp³-hybridized carbons (Fsp3) is 0.462. The molecule has 5 heteroatoms. The molecule has 3 nitrogen and oxygen atoms in total. The number of aliphatic hydroxyl groups is 1. The van der Waals surface area contributed by atoms with Gasteiger partial charge in [-0.1, -0.05) is 11.6 Å². The van der Waals surface area contributed by atoms with Gasteiger partial charge in [0, 0.05) is 29.7 Å². The van der Waals surface area contributed by atoms with Crippen LogP contribution in [-0.4, -0.2) is 35.6 Å². The van der Waals surface area contributed by atoms with Gasteiger partial charge in [-0.2, -0.15) is 0 Å². The van der Waals surface area contributed by atoms with Gasteiger partial charge in [-0.25, -0.2) is 0 Å². The zero-order valence-electron chi connectivity index (χ0n) is 9.90. The van der Waals surface area contributed by atoms with E-state index in [1.165, 1.54) is 0 Å². The summed E-state index contributed by atoms with van der Waals surface area (Å²) >= 11 is 9.30. The molecule has 2 rings (SSSR count). The van der Waals surface area contributed by atoms with Gasteiger partial charge in [-0.3, -0.25) is 4.79 Å². The zero-order chi connectivity index (χ0) is 13.1. The van der Waals surface area contributed by atoms with Crippen LogP contribution in [-0.2, 0) is 0 Å². The fourth-order valence-corrected chi connectivity index (χ4v) is 2.67. The Balaban J connectivity index is 2.05. The monoisotopic (exact) mass is 331 g/mol. The molecule has 1 unspecified atom stereocenters. The summed E-state index contributed by atoms with van der Waals surface area (Å²) in [5.41, 5.74) is 0.618. The maximum Gasteiger partial charge on any atom is 0.253 e. The summed E-state index contributed by atoms with van der Waals surface area (Å²) in [5.74, 6) is 0.440. The van der Waals surface area contributed by atoms with E-state index in [0.717, 1.165) is 30.4 Å². The molecule has 0 radical (unpaired) electrons. The lowest BCUT2D eigenvalue weighted by molar-refractivity contribution is 0.0784. The third-order valence-corrected chi connectivity index (χ3v) is 4.51. The van der Waals surface area contributed by atoms with E-state index < -0.39 is 0 Å². The number of hydrogen-bond donors (Lipinski definition) is 1. The third kappa shape index (κ3) is 3.05. The molecule has 1 saturated heterocycles. The Morgan fingerprint density at radius 2 is 2.33 bits per heavy atom. The van der Waals surface area contributed by atoms with Crippen molar-refractivity contribution in [3.8, 4) is 0 Å². The van der Waals surface area contributed by atoms with Crippen molar-refractivity contribution >= 4 is 33.4 Å². The molecule has 18 heavy (non-hydrogen) atoms. The van der Waals surface area contributed by atoms with E-state index in [4.69, 9.17) is 16.7 Å². The molecule has 1 N–H and O–H groups in total. The molecule has 0 spiro atoms. The van der Waals surface area contributed by atoms with Gasteiger partial charge in [0.05, 0.1) is 5.02 Å². The van der Waals surface area contributed by atoms with Crippen LogP contribution in [0.4, 0.5) is 0 Å². The number of halogens is 2. The highest BCUT2D eigenvalue weighted by molar-refractivity contribution is 9.10. The summed E-state index contributed by atoms with van der Waals surface area (Å²) in [4.78, 5) is 14.1. The number of aliphatic hydroxyl groups excluding tert-OH is 1. The van der Waals surface area contributed by atoms with Gasteiger partial charge in [0.15, 0.2) is 0 Å². The molecule has 0 aliphatic carbocycles. The lowest BCUT2D eigenvalue weighted by atomic mass is 10.1. The van der Waals surface area contributed by atoms with E-state index in [1.54, 1.807) is 18.2 Å². The van der Waals surface area contributed by atoms with Gasteiger partial charge in [-0.15, -0.1) is 0 Å².